The van der Waals surface area contributed by atoms with E-state index < -0.39 is 0 Å². The maximum atomic E-state index is 12.7. The maximum absolute atomic E-state index is 12.7. The number of carbonyl (C=O) groups excluding carboxylic acids is 1. The van der Waals surface area contributed by atoms with Crippen LogP contribution in [0.1, 0.15) is 34.7 Å². The van der Waals surface area contributed by atoms with Crippen LogP contribution in [0.25, 0.3) is 0 Å². The third-order valence-electron chi connectivity index (χ3n) is 5.63. The second-order valence-corrected chi connectivity index (χ2v) is 8.05. The van der Waals surface area contributed by atoms with Crippen molar-refractivity contribution in [1.82, 2.24) is 9.80 Å². The average molecular weight is 344 g/mol. The van der Waals surface area contributed by atoms with Crippen LogP contribution in [0.15, 0.2) is 40.3 Å². The van der Waals surface area contributed by atoms with Gasteiger partial charge in [-0.05, 0) is 55.3 Å². The van der Waals surface area contributed by atoms with Crippen molar-refractivity contribution in [3.8, 4) is 0 Å². The summed E-state index contributed by atoms with van der Waals surface area (Å²) in [4.78, 5) is 18.1. The van der Waals surface area contributed by atoms with E-state index in [2.05, 4.69) is 16.8 Å². The number of nitrogens with zero attached hydrogens (tertiary/aromatic N) is 2. The summed E-state index contributed by atoms with van der Waals surface area (Å²) in [5.41, 5.74) is 0. The first-order chi connectivity index (χ1) is 11.7. The summed E-state index contributed by atoms with van der Waals surface area (Å²) in [5.74, 6) is 2.46. The smallest absolute Gasteiger partial charge is 0.263 e. The lowest BCUT2D eigenvalue weighted by Crippen LogP contribution is -2.43. The van der Waals surface area contributed by atoms with E-state index >= 15 is 0 Å². The minimum atomic E-state index is 0.215. The monoisotopic (exact) mass is 344 g/mol. The number of hydrogen-bond acceptors (Lipinski definition) is 4. The molecule has 1 saturated carbocycles. The largest absolute Gasteiger partial charge is 0.468 e. The summed E-state index contributed by atoms with van der Waals surface area (Å²) in [6, 6.07) is 8.42. The summed E-state index contributed by atoms with van der Waals surface area (Å²) in [7, 11) is 2.19. The Morgan fingerprint density at radius 1 is 1.33 bits per heavy atom. The van der Waals surface area contributed by atoms with E-state index in [0.29, 0.717) is 17.9 Å². The lowest BCUT2D eigenvalue weighted by molar-refractivity contribution is 0.0771. The molecule has 3 atom stereocenters. The fraction of sp³-hybridized carbons (Fsp3) is 0.526. The highest BCUT2D eigenvalue weighted by Crippen LogP contribution is 2.39. The van der Waals surface area contributed by atoms with Crippen LogP contribution in [-0.2, 0) is 6.54 Å². The number of furan rings is 1. The molecular formula is C19H24N2O2S. The number of fused-ring (bicyclic) bond motifs is 1. The first-order valence-electron chi connectivity index (χ1n) is 8.78. The van der Waals surface area contributed by atoms with Crippen molar-refractivity contribution < 1.29 is 9.21 Å². The van der Waals surface area contributed by atoms with Gasteiger partial charge in [0.05, 0.1) is 17.7 Å². The molecule has 0 bridgehead atoms. The fourth-order valence-corrected chi connectivity index (χ4v) is 5.17. The summed E-state index contributed by atoms with van der Waals surface area (Å²) in [6.07, 6.45) is 5.47. The summed E-state index contributed by atoms with van der Waals surface area (Å²) in [5, 5.41) is 1.98. The Labute approximate surface area is 147 Å². The SMILES string of the molecule is CN(Cc1ccco1)[C@@H]1CCC[C@@H]2CN(C(=O)c3cccs3)C[C@H]21. The van der Waals surface area contributed by atoms with Crippen LogP contribution in [0.3, 0.4) is 0 Å². The Hall–Kier alpha value is -1.59. The molecule has 2 aromatic rings. The lowest BCUT2D eigenvalue weighted by atomic mass is 9.77. The average Bonchev–Trinajstić information content (AvgIpc) is 3.33. The van der Waals surface area contributed by atoms with Crippen molar-refractivity contribution in [2.45, 2.75) is 31.8 Å². The van der Waals surface area contributed by atoms with Gasteiger partial charge >= 0.3 is 0 Å². The molecule has 1 aliphatic heterocycles. The number of likely N-dealkylation sites (tertiary alicyclic amines) is 1. The highest BCUT2D eigenvalue weighted by Gasteiger charge is 2.43. The van der Waals surface area contributed by atoms with Gasteiger partial charge in [-0.2, -0.15) is 0 Å². The lowest BCUT2D eigenvalue weighted by Gasteiger charge is -2.38. The quantitative estimate of drug-likeness (QED) is 0.848. The van der Waals surface area contributed by atoms with Gasteiger partial charge in [0.1, 0.15) is 5.76 Å². The van der Waals surface area contributed by atoms with Gasteiger partial charge in [0.2, 0.25) is 0 Å². The van der Waals surface area contributed by atoms with Crippen molar-refractivity contribution in [2.24, 2.45) is 11.8 Å². The van der Waals surface area contributed by atoms with E-state index in [9.17, 15) is 4.79 Å². The molecule has 0 unspecified atom stereocenters. The van der Waals surface area contributed by atoms with Crippen molar-refractivity contribution >= 4 is 17.2 Å². The summed E-state index contributed by atoms with van der Waals surface area (Å²) < 4.78 is 5.51. The highest BCUT2D eigenvalue weighted by atomic mass is 32.1. The Morgan fingerprint density at radius 2 is 2.25 bits per heavy atom. The predicted octanol–water partition coefficient (Wildman–Crippen LogP) is 3.71. The first kappa shape index (κ1) is 15.9. The molecule has 2 fully saturated rings. The zero-order chi connectivity index (χ0) is 16.5. The molecule has 0 N–H and O–H groups in total. The van der Waals surface area contributed by atoms with Crippen LogP contribution in [0.5, 0.6) is 0 Å². The normalized spacial score (nSPS) is 26.8. The Balaban J connectivity index is 1.45. The molecule has 1 saturated heterocycles. The molecule has 4 rings (SSSR count). The minimum Gasteiger partial charge on any atom is -0.468 e. The zero-order valence-corrected chi connectivity index (χ0v) is 14.9. The van der Waals surface area contributed by atoms with Crippen LogP contribution in [0, 0.1) is 11.8 Å². The predicted molar refractivity (Wildman–Crippen MR) is 95.0 cm³/mol. The molecular weight excluding hydrogens is 320 g/mol. The summed E-state index contributed by atoms with van der Waals surface area (Å²) >= 11 is 1.55. The van der Waals surface area contributed by atoms with Gasteiger partial charge < -0.3 is 9.32 Å². The molecule has 1 amide bonds. The molecule has 0 radical (unpaired) electrons. The number of carbonyl (C=O) groups is 1. The number of hydrogen-bond donors (Lipinski definition) is 0. The zero-order valence-electron chi connectivity index (χ0n) is 14.1. The van der Waals surface area contributed by atoms with Crippen LogP contribution in [-0.4, -0.2) is 41.9 Å². The molecule has 24 heavy (non-hydrogen) atoms. The fourth-order valence-electron chi connectivity index (χ4n) is 4.48. The minimum absolute atomic E-state index is 0.215. The van der Waals surface area contributed by atoms with Gasteiger partial charge in [-0.15, -0.1) is 11.3 Å². The van der Waals surface area contributed by atoms with E-state index in [1.54, 1.807) is 17.6 Å². The van der Waals surface area contributed by atoms with Crippen molar-refractivity contribution in [3.63, 3.8) is 0 Å². The Bertz CT molecular complexity index is 668. The topological polar surface area (TPSA) is 36.7 Å². The molecule has 1 aliphatic carbocycles. The van der Waals surface area contributed by atoms with E-state index in [4.69, 9.17) is 4.42 Å². The number of amides is 1. The molecule has 4 nitrogen and oxygen atoms in total. The van der Waals surface area contributed by atoms with Gasteiger partial charge in [-0.25, -0.2) is 0 Å². The third-order valence-corrected chi connectivity index (χ3v) is 6.49. The van der Waals surface area contributed by atoms with Crippen LogP contribution < -0.4 is 0 Å². The van der Waals surface area contributed by atoms with Crippen LogP contribution in [0.2, 0.25) is 0 Å². The molecule has 0 spiro atoms. The van der Waals surface area contributed by atoms with Gasteiger partial charge in [0, 0.05) is 19.1 Å². The van der Waals surface area contributed by atoms with Gasteiger partial charge in [-0.3, -0.25) is 9.69 Å². The van der Waals surface area contributed by atoms with Crippen molar-refractivity contribution in [2.75, 3.05) is 20.1 Å². The van der Waals surface area contributed by atoms with Gasteiger partial charge in [0.25, 0.3) is 5.91 Å². The second-order valence-electron chi connectivity index (χ2n) is 7.10. The van der Waals surface area contributed by atoms with Crippen LogP contribution in [0.4, 0.5) is 0 Å². The Kier molecular flexibility index (Phi) is 4.46. The van der Waals surface area contributed by atoms with Gasteiger partial charge in [0.15, 0.2) is 0 Å². The molecule has 3 heterocycles. The standard InChI is InChI=1S/C19H24N2O2S/c1-20(12-15-6-3-9-23-15)17-7-2-5-14-11-21(13-16(14)17)19(22)18-8-4-10-24-18/h3-4,6,8-10,14,16-17H,2,5,7,11-13H2,1H3/t14-,16-,17-/m1/s1. The van der Waals surface area contributed by atoms with E-state index in [1.807, 2.05) is 29.6 Å². The molecule has 128 valence electrons. The highest BCUT2D eigenvalue weighted by molar-refractivity contribution is 7.12. The third kappa shape index (κ3) is 3.03. The van der Waals surface area contributed by atoms with Crippen molar-refractivity contribution in [3.05, 3.63) is 46.5 Å². The first-order valence-corrected chi connectivity index (χ1v) is 9.66. The van der Waals surface area contributed by atoms with Gasteiger partial charge in [-0.1, -0.05) is 12.5 Å². The number of rotatable bonds is 4. The second kappa shape index (κ2) is 6.73. The molecule has 2 aliphatic rings. The maximum Gasteiger partial charge on any atom is 0.263 e. The molecule has 5 heteroatoms. The summed E-state index contributed by atoms with van der Waals surface area (Å²) in [6.45, 7) is 2.67. The molecule has 0 aromatic carbocycles. The van der Waals surface area contributed by atoms with E-state index in [0.717, 1.165) is 30.3 Å². The van der Waals surface area contributed by atoms with E-state index in [-0.39, 0.29) is 5.91 Å². The Morgan fingerprint density at radius 3 is 3.00 bits per heavy atom. The number of thiophene rings is 1. The van der Waals surface area contributed by atoms with Crippen molar-refractivity contribution in [1.29, 1.82) is 0 Å². The van der Waals surface area contributed by atoms with E-state index in [1.165, 1.54) is 19.3 Å². The molecule has 2 aromatic heterocycles. The van der Waals surface area contributed by atoms with Crippen LogP contribution >= 0.6 is 11.3 Å².